The second-order valence-corrected chi connectivity index (χ2v) is 9.29. The molecule has 1 aliphatic rings. The van der Waals surface area contributed by atoms with Gasteiger partial charge in [-0.25, -0.2) is 9.78 Å². The molecular weight excluding hydrogens is 468 g/mol. The fraction of sp³-hybridized carbons (Fsp3) is 0.231. The Bertz CT molecular complexity index is 1320. The van der Waals surface area contributed by atoms with Gasteiger partial charge in [0.2, 0.25) is 5.78 Å². The van der Waals surface area contributed by atoms with Gasteiger partial charge in [-0.1, -0.05) is 19.1 Å². The zero-order valence-corrected chi connectivity index (χ0v) is 20.3. The van der Waals surface area contributed by atoms with E-state index in [1.165, 1.54) is 40.5 Å². The third-order valence-electron chi connectivity index (χ3n) is 5.59. The monoisotopic (exact) mass is 492 g/mol. The van der Waals surface area contributed by atoms with Crippen LogP contribution < -0.4 is 4.90 Å². The van der Waals surface area contributed by atoms with Crippen molar-refractivity contribution in [3.63, 3.8) is 0 Å². The molecule has 0 saturated heterocycles. The first kappa shape index (κ1) is 24.2. The van der Waals surface area contributed by atoms with Crippen LogP contribution in [0.1, 0.15) is 55.7 Å². The Labute approximate surface area is 206 Å². The molecule has 0 saturated carbocycles. The first-order chi connectivity index (χ1) is 16.7. The van der Waals surface area contributed by atoms with Gasteiger partial charge >= 0.3 is 5.97 Å². The number of ether oxygens (including phenoxy) is 1. The number of nitrogens with zero attached hydrogens (tertiary/aromatic N) is 2. The Kier molecular flexibility index (Phi) is 6.70. The smallest absolute Gasteiger partial charge is 0.338 e. The van der Waals surface area contributed by atoms with Crippen LogP contribution in [0.15, 0.2) is 59.9 Å². The maximum atomic E-state index is 13.6. The van der Waals surface area contributed by atoms with Gasteiger partial charge in [0.25, 0.3) is 5.91 Å². The molecule has 1 atom stereocenters. The Morgan fingerprint density at radius 3 is 2.29 bits per heavy atom. The highest BCUT2D eigenvalue weighted by atomic mass is 32.1. The van der Waals surface area contributed by atoms with Crippen molar-refractivity contribution in [2.75, 3.05) is 11.5 Å². The first-order valence-electron chi connectivity index (χ1n) is 11.0. The molecular formula is C26H24N2O6S. The number of phenolic OH excluding ortho intramolecular Hbond substituents is 1. The number of aliphatic hydroxyl groups is 1. The number of aliphatic hydroxyl groups excluding tert-OH is 1. The Morgan fingerprint density at radius 1 is 1.06 bits per heavy atom. The number of hydrogen-bond acceptors (Lipinski definition) is 8. The van der Waals surface area contributed by atoms with Gasteiger partial charge in [0.15, 0.2) is 5.76 Å². The van der Waals surface area contributed by atoms with Crippen molar-refractivity contribution in [1.82, 2.24) is 4.98 Å². The third kappa shape index (κ3) is 4.54. The van der Waals surface area contributed by atoms with Crippen LogP contribution >= 0.6 is 11.3 Å². The van der Waals surface area contributed by atoms with E-state index in [4.69, 9.17) is 4.74 Å². The minimum absolute atomic E-state index is 0.0228. The number of carbonyl (C=O) groups is 3. The van der Waals surface area contributed by atoms with E-state index < -0.39 is 29.5 Å². The summed E-state index contributed by atoms with van der Waals surface area (Å²) in [4.78, 5) is 45.0. The summed E-state index contributed by atoms with van der Waals surface area (Å²) in [5, 5.41) is 21.3. The van der Waals surface area contributed by atoms with Gasteiger partial charge in [0.05, 0.1) is 39.4 Å². The van der Waals surface area contributed by atoms with Crippen molar-refractivity contribution < 1.29 is 29.3 Å². The quantitative estimate of drug-likeness (QED) is 0.359. The maximum Gasteiger partial charge on any atom is 0.338 e. The van der Waals surface area contributed by atoms with Gasteiger partial charge in [-0.3, -0.25) is 14.5 Å². The number of Topliss-reactive ketones (excluding diaryl/α,β-unsaturated/α-hetero) is 1. The van der Waals surface area contributed by atoms with E-state index in [2.05, 4.69) is 4.98 Å². The largest absolute Gasteiger partial charge is 0.508 e. The SMILES string of the molecule is CCCOC(=O)c1ccc(N2C(=O)C(O)=C(C(=O)c3sc(C)nc3C)C2c2ccc(O)cc2)cc1. The minimum Gasteiger partial charge on any atom is -0.508 e. The molecule has 2 N–H and O–H groups in total. The highest BCUT2D eigenvalue weighted by Gasteiger charge is 2.45. The number of anilines is 1. The summed E-state index contributed by atoms with van der Waals surface area (Å²) in [5.41, 5.74) is 1.67. The second kappa shape index (κ2) is 9.71. The summed E-state index contributed by atoms with van der Waals surface area (Å²) < 4.78 is 5.15. The zero-order valence-electron chi connectivity index (χ0n) is 19.4. The number of amides is 1. The maximum absolute atomic E-state index is 13.6. The average Bonchev–Trinajstić information content (AvgIpc) is 3.32. The molecule has 35 heavy (non-hydrogen) atoms. The van der Waals surface area contributed by atoms with E-state index in [1.54, 1.807) is 38.1 Å². The number of aromatic hydroxyl groups is 1. The standard InChI is InChI=1S/C26H24N2O6S/c1-4-13-34-26(33)17-5-9-18(10-6-17)28-21(16-7-11-19(29)12-8-16)20(23(31)25(28)32)22(30)24-14(2)27-15(3)35-24/h5-12,21,29,31H,4,13H2,1-3H3. The number of aryl methyl sites for hydroxylation is 2. The predicted octanol–water partition coefficient (Wildman–Crippen LogP) is 4.82. The van der Waals surface area contributed by atoms with Crippen LogP contribution in [0.2, 0.25) is 0 Å². The van der Waals surface area contributed by atoms with Crippen LogP contribution in [-0.4, -0.2) is 39.5 Å². The van der Waals surface area contributed by atoms with Crippen LogP contribution in [0.25, 0.3) is 0 Å². The molecule has 2 heterocycles. The minimum atomic E-state index is -0.949. The lowest BCUT2D eigenvalue weighted by atomic mass is 9.94. The van der Waals surface area contributed by atoms with Crippen LogP contribution in [0.3, 0.4) is 0 Å². The average molecular weight is 493 g/mol. The van der Waals surface area contributed by atoms with Gasteiger partial charge in [-0.15, -0.1) is 11.3 Å². The van der Waals surface area contributed by atoms with E-state index in [0.717, 1.165) is 0 Å². The molecule has 0 bridgehead atoms. The third-order valence-corrected chi connectivity index (χ3v) is 6.66. The van der Waals surface area contributed by atoms with Crippen LogP contribution in [0.5, 0.6) is 5.75 Å². The fourth-order valence-corrected chi connectivity index (χ4v) is 4.85. The van der Waals surface area contributed by atoms with Gasteiger partial charge in [0.1, 0.15) is 5.75 Å². The Hall–Kier alpha value is -3.98. The summed E-state index contributed by atoms with van der Waals surface area (Å²) in [5.74, 6) is -2.33. The molecule has 1 aliphatic heterocycles. The lowest BCUT2D eigenvalue weighted by Crippen LogP contribution is -2.31. The summed E-state index contributed by atoms with van der Waals surface area (Å²) in [6.45, 7) is 5.67. The van der Waals surface area contributed by atoms with Crippen molar-refractivity contribution in [2.24, 2.45) is 0 Å². The number of carbonyl (C=O) groups excluding carboxylic acids is 3. The van der Waals surface area contributed by atoms with Crippen molar-refractivity contribution >= 4 is 34.7 Å². The molecule has 3 aromatic rings. The lowest BCUT2D eigenvalue weighted by molar-refractivity contribution is -0.117. The molecule has 2 aromatic carbocycles. The molecule has 1 unspecified atom stereocenters. The van der Waals surface area contributed by atoms with E-state index in [-0.39, 0.29) is 11.3 Å². The van der Waals surface area contributed by atoms with E-state index >= 15 is 0 Å². The number of aromatic nitrogens is 1. The second-order valence-electron chi connectivity index (χ2n) is 8.09. The summed E-state index contributed by atoms with van der Waals surface area (Å²) >= 11 is 1.19. The summed E-state index contributed by atoms with van der Waals surface area (Å²) in [6, 6.07) is 11.3. The number of esters is 1. The zero-order chi connectivity index (χ0) is 25.3. The van der Waals surface area contributed by atoms with Crippen LogP contribution in [0, 0.1) is 13.8 Å². The van der Waals surface area contributed by atoms with Gasteiger partial charge in [0, 0.05) is 5.69 Å². The molecule has 1 amide bonds. The Balaban J connectivity index is 1.78. The molecule has 8 nitrogen and oxygen atoms in total. The van der Waals surface area contributed by atoms with Gasteiger partial charge in [-0.2, -0.15) is 0 Å². The number of ketones is 1. The summed E-state index contributed by atoms with van der Waals surface area (Å²) in [7, 11) is 0. The number of benzene rings is 2. The van der Waals surface area contributed by atoms with Crippen molar-refractivity contribution in [3.8, 4) is 5.75 Å². The molecule has 9 heteroatoms. The topological polar surface area (TPSA) is 117 Å². The highest BCUT2D eigenvalue weighted by molar-refractivity contribution is 7.14. The molecule has 0 fully saturated rings. The highest BCUT2D eigenvalue weighted by Crippen LogP contribution is 2.43. The molecule has 0 aliphatic carbocycles. The van der Waals surface area contributed by atoms with E-state index in [1.807, 2.05) is 6.92 Å². The molecule has 1 aromatic heterocycles. The Morgan fingerprint density at radius 2 is 1.71 bits per heavy atom. The molecule has 0 spiro atoms. The van der Waals surface area contributed by atoms with Gasteiger partial charge in [-0.05, 0) is 62.2 Å². The normalized spacial score (nSPS) is 15.6. The number of hydrogen-bond donors (Lipinski definition) is 2. The molecule has 180 valence electrons. The van der Waals surface area contributed by atoms with Crippen molar-refractivity contribution in [2.45, 2.75) is 33.2 Å². The van der Waals surface area contributed by atoms with Crippen molar-refractivity contribution in [1.29, 1.82) is 0 Å². The van der Waals surface area contributed by atoms with E-state index in [0.29, 0.717) is 45.4 Å². The fourth-order valence-electron chi connectivity index (χ4n) is 3.98. The number of rotatable bonds is 7. The van der Waals surface area contributed by atoms with Crippen LogP contribution in [-0.2, 0) is 9.53 Å². The van der Waals surface area contributed by atoms with E-state index in [9.17, 15) is 24.6 Å². The first-order valence-corrected chi connectivity index (χ1v) is 11.9. The lowest BCUT2D eigenvalue weighted by Gasteiger charge is -2.27. The van der Waals surface area contributed by atoms with Crippen LogP contribution in [0.4, 0.5) is 5.69 Å². The predicted molar refractivity (Wildman–Crippen MR) is 131 cm³/mol. The molecule has 4 rings (SSSR count). The van der Waals surface area contributed by atoms with Crippen molar-refractivity contribution in [3.05, 3.63) is 86.6 Å². The van der Waals surface area contributed by atoms with Gasteiger partial charge < -0.3 is 14.9 Å². The molecule has 0 radical (unpaired) electrons. The summed E-state index contributed by atoms with van der Waals surface area (Å²) in [6.07, 6.45) is 0.695. The number of phenols is 1. The number of thiazole rings is 1.